The van der Waals surface area contributed by atoms with E-state index >= 15 is 0 Å². The molecule has 2 aromatic rings. The largest absolute Gasteiger partial charge is 0.333 e. The fourth-order valence-corrected chi connectivity index (χ4v) is 3.90. The van der Waals surface area contributed by atoms with Crippen LogP contribution >= 0.6 is 11.3 Å². The van der Waals surface area contributed by atoms with E-state index in [1.54, 1.807) is 0 Å². The molecular formula is C17H24N4OS. The number of thiophene rings is 1. The van der Waals surface area contributed by atoms with Gasteiger partial charge in [-0.2, -0.15) is 0 Å². The second-order valence-corrected chi connectivity index (χ2v) is 6.96. The Morgan fingerprint density at radius 2 is 2.22 bits per heavy atom. The SMILES string of the molecule is CCN(CC)CC1CN(C(=O)c2cccs2)Cc2nccn2C1. The molecule has 1 atom stereocenters. The Balaban J connectivity index is 1.81. The molecular weight excluding hydrogens is 308 g/mol. The monoisotopic (exact) mass is 332 g/mol. The van der Waals surface area contributed by atoms with E-state index in [4.69, 9.17) is 0 Å². The van der Waals surface area contributed by atoms with Crippen molar-refractivity contribution in [1.29, 1.82) is 0 Å². The molecule has 0 radical (unpaired) electrons. The van der Waals surface area contributed by atoms with Crippen LogP contribution < -0.4 is 0 Å². The molecule has 6 heteroatoms. The highest BCUT2D eigenvalue weighted by molar-refractivity contribution is 7.12. The van der Waals surface area contributed by atoms with E-state index in [0.717, 1.165) is 43.4 Å². The number of nitrogens with zero attached hydrogens (tertiary/aromatic N) is 4. The summed E-state index contributed by atoms with van der Waals surface area (Å²) in [5.41, 5.74) is 0. The molecule has 0 saturated heterocycles. The second kappa shape index (κ2) is 7.27. The molecule has 1 aliphatic heterocycles. The van der Waals surface area contributed by atoms with Crippen molar-refractivity contribution >= 4 is 17.2 Å². The van der Waals surface area contributed by atoms with Crippen LogP contribution in [0.2, 0.25) is 0 Å². The van der Waals surface area contributed by atoms with E-state index in [1.165, 1.54) is 11.3 Å². The number of amides is 1. The van der Waals surface area contributed by atoms with Gasteiger partial charge >= 0.3 is 0 Å². The van der Waals surface area contributed by atoms with Crippen molar-refractivity contribution in [3.8, 4) is 0 Å². The highest BCUT2D eigenvalue weighted by atomic mass is 32.1. The minimum Gasteiger partial charge on any atom is -0.333 e. The molecule has 5 nitrogen and oxygen atoms in total. The van der Waals surface area contributed by atoms with Gasteiger partial charge in [0.05, 0.1) is 11.4 Å². The Morgan fingerprint density at radius 3 is 2.91 bits per heavy atom. The first-order valence-corrected chi connectivity index (χ1v) is 9.14. The molecule has 0 spiro atoms. The zero-order valence-electron chi connectivity index (χ0n) is 13.8. The second-order valence-electron chi connectivity index (χ2n) is 6.01. The van der Waals surface area contributed by atoms with Gasteiger partial charge in [0.2, 0.25) is 0 Å². The molecule has 0 aromatic carbocycles. The highest BCUT2D eigenvalue weighted by Gasteiger charge is 2.27. The van der Waals surface area contributed by atoms with Crippen molar-refractivity contribution in [1.82, 2.24) is 19.4 Å². The van der Waals surface area contributed by atoms with Crippen molar-refractivity contribution in [2.75, 3.05) is 26.2 Å². The molecule has 1 unspecified atom stereocenters. The predicted octanol–water partition coefficient (Wildman–Crippen LogP) is 2.56. The lowest BCUT2D eigenvalue weighted by atomic mass is 10.1. The molecule has 0 aliphatic carbocycles. The summed E-state index contributed by atoms with van der Waals surface area (Å²) in [6.45, 7) is 9.80. The topological polar surface area (TPSA) is 41.4 Å². The van der Waals surface area contributed by atoms with E-state index in [1.807, 2.05) is 34.8 Å². The van der Waals surface area contributed by atoms with Crippen molar-refractivity contribution in [2.24, 2.45) is 5.92 Å². The number of imidazole rings is 1. The third-order valence-corrected chi connectivity index (χ3v) is 5.36. The molecule has 0 saturated carbocycles. The summed E-state index contributed by atoms with van der Waals surface area (Å²) < 4.78 is 2.20. The van der Waals surface area contributed by atoms with Gasteiger partial charge < -0.3 is 14.4 Å². The third kappa shape index (κ3) is 3.64. The molecule has 124 valence electrons. The van der Waals surface area contributed by atoms with Crippen molar-refractivity contribution < 1.29 is 4.79 Å². The number of fused-ring (bicyclic) bond motifs is 1. The van der Waals surface area contributed by atoms with Crippen LogP contribution in [-0.4, -0.2) is 51.4 Å². The maximum Gasteiger partial charge on any atom is 0.264 e. The minimum absolute atomic E-state index is 0.126. The van der Waals surface area contributed by atoms with Crippen LogP contribution in [0.3, 0.4) is 0 Å². The van der Waals surface area contributed by atoms with E-state index in [-0.39, 0.29) is 5.91 Å². The molecule has 23 heavy (non-hydrogen) atoms. The van der Waals surface area contributed by atoms with Gasteiger partial charge in [-0.1, -0.05) is 19.9 Å². The van der Waals surface area contributed by atoms with Crippen LogP contribution in [0.4, 0.5) is 0 Å². The summed E-state index contributed by atoms with van der Waals surface area (Å²) in [6, 6.07) is 3.84. The van der Waals surface area contributed by atoms with Crippen LogP contribution in [-0.2, 0) is 13.1 Å². The standard InChI is InChI=1S/C17H24N4OS/c1-3-19(4-2)10-14-11-20-8-7-18-16(20)13-21(12-14)17(22)15-6-5-9-23-15/h5-9,14H,3-4,10-13H2,1-2H3. The van der Waals surface area contributed by atoms with Crippen LogP contribution in [0.5, 0.6) is 0 Å². The normalized spacial score (nSPS) is 18.0. The summed E-state index contributed by atoms with van der Waals surface area (Å²) in [5, 5.41) is 1.96. The first-order chi connectivity index (χ1) is 11.2. The van der Waals surface area contributed by atoms with Gasteiger partial charge in [0.25, 0.3) is 5.91 Å². The molecule has 1 aliphatic rings. The number of rotatable bonds is 5. The van der Waals surface area contributed by atoms with Gasteiger partial charge in [-0.25, -0.2) is 4.98 Å². The zero-order valence-corrected chi connectivity index (χ0v) is 14.6. The van der Waals surface area contributed by atoms with Crippen LogP contribution in [0.1, 0.15) is 29.3 Å². The quantitative estimate of drug-likeness (QED) is 0.845. The lowest BCUT2D eigenvalue weighted by Crippen LogP contribution is -2.39. The highest BCUT2D eigenvalue weighted by Crippen LogP contribution is 2.20. The smallest absolute Gasteiger partial charge is 0.264 e. The van der Waals surface area contributed by atoms with Crippen LogP contribution in [0, 0.1) is 5.92 Å². The molecule has 2 aromatic heterocycles. The Morgan fingerprint density at radius 1 is 1.39 bits per heavy atom. The van der Waals surface area contributed by atoms with Gasteiger partial charge in [-0.05, 0) is 24.5 Å². The summed E-state index contributed by atoms with van der Waals surface area (Å²) >= 11 is 1.51. The van der Waals surface area contributed by atoms with Gasteiger partial charge in [0.1, 0.15) is 5.82 Å². The van der Waals surface area contributed by atoms with E-state index in [9.17, 15) is 4.79 Å². The number of carbonyl (C=O) groups excluding carboxylic acids is 1. The molecule has 3 rings (SSSR count). The summed E-state index contributed by atoms with van der Waals surface area (Å²) in [5.74, 6) is 1.53. The fourth-order valence-electron chi connectivity index (χ4n) is 3.21. The molecule has 3 heterocycles. The molecule has 0 N–H and O–H groups in total. The summed E-state index contributed by atoms with van der Waals surface area (Å²) in [7, 11) is 0. The Labute approximate surface area is 141 Å². The number of hydrogen-bond donors (Lipinski definition) is 0. The van der Waals surface area contributed by atoms with Crippen molar-refractivity contribution in [3.63, 3.8) is 0 Å². The molecule has 1 amide bonds. The fraction of sp³-hybridized carbons (Fsp3) is 0.529. The number of aromatic nitrogens is 2. The van der Waals surface area contributed by atoms with E-state index in [0.29, 0.717) is 12.5 Å². The third-order valence-electron chi connectivity index (χ3n) is 4.50. The van der Waals surface area contributed by atoms with E-state index in [2.05, 4.69) is 28.3 Å². The van der Waals surface area contributed by atoms with Gasteiger partial charge in [0, 0.05) is 37.9 Å². The molecule has 0 fully saturated rings. The Kier molecular flexibility index (Phi) is 5.13. The first kappa shape index (κ1) is 16.2. The maximum absolute atomic E-state index is 12.8. The minimum atomic E-state index is 0.126. The summed E-state index contributed by atoms with van der Waals surface area (Å²) in [6.07, 6.45) is 3.87. The lowest BCUT2D eigenvalue weighted by molar-refractivity contribution is 0.0709. The first-order valence-electron chi connectivity index (χ1n) is 8.26. The zero-order chi connectivity index (χ0) is 16.2. The maximum atomic E-state index is 12.8. The molecule has 0 bridgehead atoms. The predicted molar refractivity (Wildman–Crippen MR) is 92.6 cm³/mol. The van der Waals surface area contributed by atoms with Crippen LogP contribution in [0.15, 0.2) is 29.9 Å². The average molecular weight is 332 g/mol. The van der Waals surface area contributed by atoms with Gasteiger partial charge in [-0.3, -0.25) is 4.79 Å². The number of hydrogen-bond acceptors (Lipinski definition) is 4. The van der Waals surface area contributed by atoms with Crippen molar-refractivity contribution in [2.45, 2.75) is 26.9 Å². The Hall–Kier alpha value is -1.66. The lowest BCUT2D eigenvalue weighted by Gasteiger charge is -2.28. The number of carbonyl (C=O) groups is 1. The van der Waals surface area contributed by atoms with E-state index < -0.39 is 0 Å². The van der Waals surface area contributed by atoms with Gasteiger partial charge in [-0.15, -0.1) is 11.3 Å². The summed E-state index contributed by atoms with van der Waals surface area (Å²) in [4.78, 5) is 22.5. The van der Waals surface area contributed by atoms with Gasteiger partial charge in [0.15, 0.2) is 0 Å². The Bertz CT molecular complexity index is 633. The van der Waals surface area contributed by atoms with Crippen molar-refractivity contribution in [3.05, 3.63) is 40.6 Å². The van der Waals surface area contributed by atoms with Crippen LogP contribution in [0.25, 0.3) is 0 Å². The average Bonchev–Trinajstić information content (AvgIpc) is 3.21.